The van der Waals surface area contributed by atoms with Gasteiger partial charge in [-0.2, -0.15) is 0 Å². The standard InChI is InChI=1S/C20H29N3O2/c1-22(18-10-3-2-4-11-18)19(24)15-21-17-9-7-8-16(14-17)20(25)23-12-5-6-13-23/h7-9,14,18,21H,2-6,10-13,15H2,1H3. The number of likely N-dealkylation sites (N-methyl/N-ethyl adjacent to an activating group) is 1. The van der Waals surface area contributed by atoms with Crippen LogP contribution in [0, 0.1) is 0 Å². The van der Waals surface area contributed by atoms with Gasteiger partial charge in [-0.25, -0.2) is 0 Å². The van der Waals surface area contributed by atoms with Crippen LogP contribution in [0.5, 0.6) is 0 Å². The third-order valence-electron chi connectivity index (χ3n) is 5.46. The molecule has 1 heterocycles. The van der Waals surface area contributed by atoms with Crippen LogP contribution in [-0.4, -0.2) is 54.3 Å². The third-order valence-corrected chi connectivity index (χ3v) is 5.46. The lowest BCUT2D eigenvalue weighted by Crippen LogP contribution is -2.41. The van der Waals surface area contributed by atoms with Crippen LogP contribution in [0.4, 0.5) is 5.69 Å². The van der Waals surface area contributed by atoms with Crippen molar-refractivity contribution in [2.45, 2.75) is 51.0 Å². The number of benzene rings is 1. The van der Waals surface area contributed by atoms with Gasteiger partial charge in [0.2, 0.25) is 5.91 Å². The number of anilines is 1. The van der Waals surface area contributed by atoms with E-state index in [2.05, 4.69) is 5.32 Å². The molecule has 1 aromatic rings. The van der Waals surface area contributed by atoms with Gasteiger partial charge in [-0.05, 0) is 43.9 Å². The van der Waals surface area contributed by atoms with Crippen LogP contribution < -0.4 is 5.32 Å². The van der Waals surface area contributed by atoms with Crippen LogP contribution in [0.2, 0.25) is 0 Å². The number of amides is 2. The predicted molar refractivity (Wildman–Crippen MR) is 99.7 cm³/mol. The van der Waals surface area contributed by atoms with Gasteiger partial charge in [0.25, 0.3) is 5.91 Å². The minimum Gasteiger partial charge on any atom is -0.376 e. The number of carbonyl (C=O) groups excluding carboxylic acids is 2. The molecule has 2 aliphatic rings. The van der Waals surface area contributed by atoms with E-state index in [1.165, 1.54) is 19.3 Å². The van der Waals surface area contributed by atoms with Crippen LogP contribution in [0.3, 0.4) is 0 Å². The van der Waals surface area contributed by atoms with Crippen molar-refractivity contribution < 1.29 is 9.59 Å². The fraction of sp³-hybridized carbons (Fsp3) is 0.600. The van der Waals surface area contributed by atoms with Crippen molar-refractivity contribution in [3.05, 3.63) is 29.8 Å². The summed E-state index contributed by atoms with van der Waals surface area (Å²) in [5.74, 6) is 0.204. The normalized spacial score (nSPS) is 18.2. The molecule has 1 saturated heterocycles. The average molecular weight is 343 g/mol. The summed E-state index contributed by atoms with van der Waals surface area (Å²) in [6.45, 7) is 1.97. The summed E-state index contributed by atoms with van der Waals surface area (Å²) >= 11 is 0. The molecule has 0 atom stereocenters. The number of rotatable bonds is 5. The quantitative estimate of drug-likeness (QED) is 0.894. The summed E-state index contributed by atoms with van der Waals surface area (Å²) in [5.41, 5.74) is 1.52. The Kier molecular flexibility index (Phi) is 5.95. The molecule has 1 N–H and O–H groups in total. The first kappa shape index (κ1) is 17.8. The van der Waals surface area contributed by atoms with Crippen molar-refractivity contribution in [3.8, 4) is 0 Å². The Bertz CT molecular complexity index is 605. The number of hydrogen-bond acceptors (Lipinski definition) is 3. The lowest BCUT2D eigenvalue weighted by Gasteiger charge is -2.31. The minimum absolute atomic E-state index is 0.0896. The Labute approximate surface area is 150 Å². The van der Waals surface area contributed by atoms with Gasteiger partial charge in [-0.15, -0.1) is 0 Å². The zero-order valence-electron chi connectivity index (χ0n) is 15.2. The molecule has 1 aliphatic carbocycles. The van der Waals surface area contributed by atoms with Gasteiger partial charge in [0.05, 0.1) is 6.54 Å². The third kappa shape index (κ3) is 4.53. The van der Waals surface area contributed by atoms with E-state index in [4.69, 9.17) is 0 Å². The second-order valence-corrected chi connectivity index (χ2v) is 7.23. The number of nitrogens with one attached hydrogen (secondary N) is 1. The summed E-state index contributed by atoms with van der Waals surface area (Å²) < 4.78 is 0. The topological polar surface area (TPSA) is 52.7 Å². The van der Waals surface area contributed by atoms with E-state index in [0.29, 0.717) is 11.6 Å². The molecular formula is C20H29N3O2. The maximum absolute atomic E-state index is 12.5. The molecule has 1 saturated carbocycles. The molecule has 136 valence electrons. The summed E-state index contributed by atoms with van der Waals surface area (Å²) in [6.07, 6.45) is 8.13. The molecule has 0 radical (unpaired) electrons. The van der Waals surface area contributed by atoms with E-state index in [1.807, 2.05) is 41.1 Å². The van der Waals surface area contributed by atoms with E-state index in [1.54, 1.807) is 0 Å². The van der Waals surface area contributed by atoms with Crippen LogP contribution in [0.25, 0.3) is 0 Å². The largest absolute Gasteiger partial charge is 0.376 e. The monoisotopic (exact) mass is 343 g/mol. The van der Waals surface area contributed by atoms with Crippen molar-refractivity contribution in [3.63, 3.8) is 0 Å². The highest BCUT2D eigenvalue weighted by molar-refractivity contribution is 5.95. The molecule has 5 nitrogen and oxygen atoms in total. The molecule has 0 spiro atoms. The maximum atomic E-state index is 12.5. The molecule has 0 bridgehead atoms. The molecule has 25 heavy (non-hydrogen) atoms. The second-order valence-electron chi connectivity index (χ2n) is 7.23. The first-order valence-electron chi connectivity index (χ1n) is 9.54. The first-order valence-corrected chi connectivity index (χ1v) is 9.54. The van der Waals surface area contributed by atoms with Crippen molar-refractivity contribution in [1.82, 2.24) is 9.80 Å². The van der Waals surface area contributed by atoms with Gasteiger partial charge >= 0.3 is 0 Å². The highest BCUT2D eigenvalue weighted by atomic mass is 16.2. The highest BCUT2D eigenvalue weighted by Crippen LogP contribution is 2.22. The SMILES string of the molecule is CN(C(=O)CNc1cccc(C(=O)N2CCCC2)c1)C1CCCCC1. The highest BCUT2D eigenvalue weighted by Gasteiger charge is 2.22. The Balaban J connectivity index is 1.54. The van der Waals surface area contributed by atoms with E-state index in [9.17, 15) is 9.59 Å². The van der Waals surface area contributed by atoms with Crippen molar-refractivity contribution in [1.29, 1.82) is 0 Å². The lowest BCUT2D eigenvalue weighted by molar-refractivity contribution is -0.130. The summed E-state index contributed by atoms with van der Waals surface area (Å²) in [7, 11) is 1.91. The van der Waals surface area contributed by atoms with E-state index in [-0.39, 0.29) is 18.4 Å². The molecular weight excluding hydrogens is 314 g/mol. The van der Waals surface area contributed by atoms with Crippen molar-refractivity contribution in [2.24, 2.45) is 0 Å². The number of hydrogen-bond donors (Lipinski definition) is 1. The van der Waals surface area contributed by atoms with E-state index in [0.717, 1.165) is 44.5 Å². The average Bonchev–Trinajstić information content (AvgIpc) is 3.20. The summed E-state index contributed by atoms with van der Waals surface area (Å²) in [4.78, 5) is 28.7. The molecule has 5 heteroatoms. The molecule has 3 rings (SSSR count). The van der Waals surface area contributed by atoms with Gasteiger partial charge in [-0.1, -0.05) is 25.3 Å². The maximum Gasteiger partial charge on any atom is 0.253 e. The molecule has 2 amide bonds. The van der Waals surface area contributed by atoms with Gasteiger partial charge in [-0.3, -0.25) is 9.59 Å². The molecule has 1 aliphatic heterocycles. The summed E-state index contributed by atoms with van der Waals surface area (Å²) in [5, 5.41) is 3.19. The van der Waals surface area contributed by atoms with Crippen LogP contribution in [0.1, 0.15) is 55.3 Å². The van der Waals surface area contributed by atoms with Crippen LogP contribution in [0.15, 0.2) is 24.3 Å². The zero-order chi connectivity index (χ0) is 17.6. The van der Waals surface area contributed by atoms with E-state index < -0.39 is 0 Å². The minimum atomic E-state index is 0.0896. The number of likely N-dealkylation sites (tertiary alicyclic amines) is 1. The zero-order valence-corrected chi connectivity index (χ0v) is 15.2. The first-order chi connectivity index (χ1) is 12.1. The fourth-order valence-electron chi connectivity index (χ4n) is 3.84. The van der Waals surface area contributed by atoms with Crippen molar-refractivity contribution >= 4 is 17.5 Å². The Hall–Kier alpha value is -2.04. The van der Waals surface area contributed by atoms with Gasteiger partial charge in [0.15, 0.2) is 0 Å². The Morgan fingerprint density at radius 3 is 2.56 bits per heavy atom. The van der Waals surface area contributed by atoms with Crippen molar-refractivity contribution in [2.75, 3.05) is 32.0 Å². The van der Waals surface area contributed by atoms with Crippen LogP contribution in [-0.2, 0) is 4.79 Å². The number of nitrogens with zero attached hydrogens (tertiary/aromatic N) is 2. The van der Waals surface area contributed by atoms with Crippen LogP contribution >= 0.6 is 0 Å². The molecule has 0 aromatic heterocycles. The molecule has 1 aromatic carbocycles. The Morgan fingerprint density at radius 2 is 1.84 bits per heavy atom. The molecule has 2 fully saturated rings. The van der Waals surface area contributed by atoms with E-state index >= 15 is 0 Å². The Morgan fingerprint density at radius 1 is 1.12 bits per heavy atom. The predicted octanol–water partition coefficient (Wildman–Crippen LogP) is 3.13. The van der Waals surface area contributed by atoms with Gasteiger partial charge in [0, 0.05) is 37.4 Å². The van der Waals surface area contributed by atoms with Gasteiger partial charge in [0.1, 0.15) is 0 Å². The summed E-state index contributed by atoms with van der Waals surface area (Å²) in [6, 6.07) is 7.87. The van der Waals surface area contributed by atoms with Gasteiger partial charge < -0.3 is 15.1 Å². The fourth-order valence-corrected chi connectivity index (χ4v) is 3.84. The lowest BCUT2D eigenvalue weighted by atomic mass is 9.94. The smallest absolute Gasteiger partial charge is 0.253 e. The molecule has 0 unspecified atom stereocenters. The second kappa shape index (κ2) is 8.37. The number of carbonyl (C=O) groups is 2.